The highest BCUT2D eigenvalue weighted by atomic mass is 32.2. The number of benzene rings is 1. The number of alkyl halides is 3. The number of hydrogen-bond acceptors (Lipinski definition) is 7. The van der Waals surface area contributed by atoms with E-state index < -0.39 is 20.2 Å². The molecule has 1 aliphatic heterocycles. The number of anilines is 1. The lowest BCUT2D eigenvalue weighted by Gasteiger charge is -2.36. The maximum atomic E-state index is 12.7. The summed E-state index contributed by atoms with van der Waals surface area (Å²) < 4.78 is 62.5. The molecule has 2 aromatic heterocycles. The highest BCUT2D eigenvalue weighted by Gasteiger charge is 2.46. The fourth-order valence-electron chi connectivity index (χ4n) is 3.37. The zero-order valence-electron chi connectivity index (χ0n) is 16.2. The topological polar surface area (TPSA) is 101 Å². The summed E-state index contributed by atoms with van der Waals surface area (Å²) in [6, 6.07) is 5.66. The van der Waals surface area contributed by atoms with Crippen molar-refractivity contribution in [1.29, 1.82) is 0 Å². The molecule has 1 saturated heterocycles. The van der Waals surface area contributed by atoms with E-state index in [4.69, 9.17) is 0 Å². The average Bonchev–Trinajstić information content (AvgIpc) is 3.20. The fourth-order valence-corrected chi connectivity index (χ4v) is 4.13. The van der Waals surface area contributed by atoms with Crippen LogP contribution in [0.25, 0.3) is 5.78 Å². The van der Waals surface area contributed by atoms with Crippen LogP contribution in [-0.4, -0.2) is 70.5 Å². The van der Waals surface area contributed by atoms with E-state index >= 15 is 0 Å². The van der Waals surface area contributed by atoms with E-state index in [9.17, 15) is 26.4 Å². The molecular formula is C18H17F3N6O3S. The largest absolute Gasteiger partial charge is 0.501 e. The normalized spacial score (nSPS) is 15.5. The van der Waals surface area contributed by atoms with Crippen LogP contribution in [0.1, 0.15) is 16.1 Å². The van der Waals surface area contributed by atoms with Crippen LogP contribution in [0.3, 0.4) is 0 Å². The standard InChI is InChI=1S/C18H17F3N6O3S/c1-12-10-15(27-17(24-12)22-11-23-27)25-6-8-26(9-7-25)16(28)13-2-4-14(5-3-13)31(29,30)18(19,20)21/h2-5,10-11H,6-9H2,1H3. The van der Waals surface area contributed by atoms with Gasteiger partial charge in [0, 0.05) is 43.5 Å². The van der Waals surface area contributed by atoms with Gasteiger partial charge in [0.05, 0.1) is 4.90 Å². The molecule has 31 heavy (non-hydrogen) atoms. The smallest absolute Gasteiger partial charge is 0.353 e. The van der Waals surface area contributed by atoms with Crippen LogP contribution in [0.5, 0.6) is 0 Å². The van der Waals surface area contributed by atoms with Crippen LogP contribution in [0.4, 0.5) is 19.0 Å². The number of amides is 1. The lowest BCUT2D eigenvalue weighted by atomic mass is 10.2. The number of aromatic nitrogens is 4. The summed E-state index contributed by atoms with van der Waals surface area (Å²) in [6.45, 7) is 3.61. The number of carbonyl (C=O) groups is 1. The Morgan fingerprint density at radius 2 is 1.71 bits per heavy atom. The lowest BCUT2D eigenvalue weighted by molar-refractivity contribution is -0.0436. The van der Waals surface area contributed by atoms with Crippen molar-refractivity contribution in [2.75, 3.05) is 31.1 Å². The Morgan fingerprint density at radius 1 is 1.06 bits per heavy atom. The summed E-state index contributed by atoms with van der Waals surface area (Å²) in [6.07, 6.45) is 1.41. The third-order valence-corrected chi connectivity index (χ3v) is 6.47. The van der Waals surface area contributed by atoms with Gasteiger partial charge in [-0.15, -0.1) is 0 Å². The molecule has 0 bridgehead atoms. The first-order chi connectivity index (χ1) is 14.6. The molecule has 13 heteroatoms. The Labute approximate surface area is 175 Å². The van der Waals surface area contributed by atoms with Crippen LogP contribution in [-0.2, 0) is 9.84 Å². The second-order valence-corrected chi connectivity index (χ2v) is 8.92. The molecular weight excluding hydrogens is 437 g/mol. The average molecular weight is 454 g/mol. The van der Waals surface area contributed by atoms with Gasteiger partial charge >= 0.3 is 5.51 Å². The van der Waals surface area contributed by atoms with Gasteiger partial charge in [-0.1, -0.05) is 0 Å². The first-order valence-electron chi connectivity index (χ1n) is 9.21. The van der Waals surface area contributed by atoms with Crippen molar-refractivity contribution in [3.05, 3.63) is 47.9 Å². The first-order valence-corrected chi connectivity index (χ1v) is 10.7. The molecule has 3 heterocycles. The lowest BCUT2D eigenvalue weighted by Crippen LogP contribution is -2.49. The van der Waals surface area contributed by atoms with Crippen molar-refractivity contribution in [2.45, 2.75) is 17.3 Å². The number of hydrogen-bond donors (Lipinski definition) is 0. The van der Waals surface area contributed by atoms with E-state index in [1.54, 1.807) is 9.42 Å². The van der Waals surface area contributed by atoms with E-state index in [2.05, 4.69) is 15.1 Å². The van der Waals surface area contributed by atoms with Crippen LogP contribution in [0.15, 0.2) is 41.6 Å². The fraction of sp³-hybridized carbons (Fsp3) is 0.333. The van der Waals surface area contributed by atoms with E-state index in [1.165, 1.54) is 6.33 Å². The summed E-state index contributed by atoms with van der Waals surface area (Å²) >= 11 is 0. The maximum Gasteiger partial charge on any atom is 0.501 e. The number of halogens is 3. The molecule has 0 aliphatic carbocycles. The maximum absolute atomic E-state index is 12.7. The highest BCUT2D eigenvalue weighted by molar-refractivity contribution is 7.92. The summed E-state index contributed by atoms with van der Waals surface area (Å²) in [5.74, 6) is 0.892. The van der Waals surface area contributed by atoms with Crippen molar-refractivity contribution < 1.29 is 26.4 Å². The second kappa shape index (κ2) is 7.48. The molecule has 0 N–H and O–H groups in total. The van der Waals surface area contributed by atoms with Crippen LogP contribution in [0, 0.1) is 6.92 Å². The minimum absolute atomic E-state index is 0.119. The molecule has 3 aromatic rings. The van der Waals surface area contributed by atoms with Crippen molar-refractivity contribution in [2.24, 2.45) is 0 Å². The third kappa shape index (κ3) is 3.80. The van der Waals surface area contributed by atoms with E-state index in [0.29, 0.717) is 32.0 Å². The Kier molecular flexibility index (Phi) is 5.07. The number of aryl methyl sites for hydroxylation is 1. The van der Waals surface area contributed by atoms with Gasteiger partial charge in [0.2, 0.25) is 0 Å². The number of piperazine rings is 1. The minimum Gasteiger partial charge on any atom is -0.353 e. The van der Waals surface area contributed by atoms with E-state index in [1.807, 2.05) is 17.9 Å². The van der Waals surface area contributed by atoms with Crippen LogP contribution < -0.4 is 4.90 Å². The predicted molar refractivity (Wildman–Crippen MR) is 103 cm³/mol. The summed E-state index contributed by atoms with van der Waals surface area (Å²) in [5.41, 5.74) is -4.49. The van der Waals surface area contributed by atoms with Crippen molar-refractivity contribution in [3.8, 4) is 0 Å². The van der Waals surface area contributed by atoms with Crippen molar-refractivity contribution in [3.63, 3.8) is 0 Å². The molecule has 164 valence electrons. The molecule has 0 radical (unpaired) electrons. The van der Waals surface area contributed by atoms with Crippen molar-refractivity contribution >= 4 is 27.3 Å². The van der Waals surface area contributed by atoms with Crippen LogP contribution in [0.2, 0.25) is 0 Å². The van der Waals surface area contributed by atoms with E-state index in [0.717, 1.165) is 35.8 Å². The molecule has 4 rings (SSSR count). The van der Waals surface area contributed by atoms with Crippen LogP contribution >= 0.6 is 0 Å². The van der Waals surface area contributed by atoms with Gasteiger partial charge in [-0.3, -0.25) is 4.79 Å². The molecule has 1 fully saturated rings. The number of sulfone groups is 1. The SMILES string of the molecule is Cc1cc(N2CCN(C(=O)c3ccc(S(=O)(=O)C(F)(F)F)cc3)CC2)n2ncnc2n1. The molecule has 9 nitrogen and oxygen atoms in total. The van der Waals surface area contributed by atoms with Crippen molar-refractivity contribution in [1.82, 2.24) is 24.5 Å². The number of fused-ring (bicyclic) bond motifs is 1. The van der Waals surface area contributed by atoms with Gasteiger partial charge in [-0.05, 0) is 31.2 Å². The predicted octanol–water partition coefficient (Wildman–Crippen LogP) is 1.69. The van der Waals surface area contributed by atoms with Gasteiger partial charge in [-0.25, -0.2) is 13.4 Å². The number of carbonyl (C=O) groups excluding carboxylic acids is 1. The van der Waals surface area contributed by atoms with Gasteiger partial charge in [0.1, 0.15) is 12.1 Å². The summed E-state index contributed by atoms with van der Waals surface area (Å²) in [4.78, 5) is 23.8. The van der Waals surface area contributed by atoms with Gasteiger partial charge < -0.3 is 9.80 Å². The van der Waals surface area contributed by atoms with Gasteiger partial charge in [0.25, 0.3) is 21.5 Å². The number of rotatable bonds is 3. The summed E-state index contributed by atoms with van der Waals surface area (Å²) in [5, 5.41) is 4.17. The molecule has 0 unspecified atom stereocenters. The Hall–Kier alpha value is -3.22. The third-order valence-electron chi connectivity index (χ3n) is 4.97. The molecule has 1 aromatic carbocycles. The first kappa shape index (κ1) is 21.0. The van der Waals surface area contributed by atoms with Gasteiger partial charge in [0.15, 0.2) is 0 Å². The Morgan fingerprint density at radius 3 is 2.32 bits per heavy atom. The molecule has 1 aliphatic rings. The number of nitrogens with zero attached hydrogens (tertiary/aromatic N) is 6. The zero-order chi connectivity index (χ0) is 22.4. The molecule has 0 saturated carbocycles. The molecule has 0 spiro atoms. The minimum atomic E-state index is -5.45. The quantitative estimate of drug-likeness (QED) is 0.594. The van der Waals surface area contributed by atoms with E-state index in [-0.39, 0.29) is 11.5 Å². The molecule has 0 atom stereocenters. The Balaban J connectivity index is 1.47. The Bertz CT molecular complexity index is 1230. The molecule has 1 amide bonds. The van der Waals surface area contributed by atoms with Gasteiger partial charge in [-0.2, -0.15) is 27.8 Å². The highest BCUT2D eigenvalue weighted by Crippen LogP contribution is 2.30. The summed E-state index contributed by atoms with van der Waals surface area (Å²) in [7, 11) is -5.45. The zero-order valence-corrected chi connectivity index (χ0v) is 17.1. The second-order valence-electron chi connectivity index (χ2n) is 6.98. The monoisotopic (exact) mass is 454 g/mol.